The Hall–Kier alpha value is -1.47. The third kappa shape index (κ3) is 2.79. The molecule has 0 saturated heterocycles. The van der Waals surface area contributed by atoms with Gasteiger partial charge in [-0.2, -0.15) is 5.26 Å². The van der Waals surface area contributed by atoms with Gasteiger partial charge in [-0.1, -0.05) is 0 Å². The Kier molecular flexibility index (Phi) is 3.55. The first-order chi connectivity index (χ1) is 6.63. The number of benzene rings is 1. The Bertz CT molecular complexity index is 367. The summed E-state index contributed by atoms with van der Waals surface area (Å²) in [5.74, 6) is -0.647. The second-order valence-electron chi connectivity index (χ2n) is 2.81. The van der Waals surface area contributed by atoms with E-state index in [2.05, 4.69) is 0 Å². The fourth-order valence-electron chi connectivity index (χ4n) is 1.03. The molecule has 1 N–H and O–H groups in total. The maximum atomic E-state index is 10.5. The number of carboxylic acids is 1. The molecular weight excluding hydrogens is 198 g/mol. The van der Waals surface area contributed by atoms with E-state index in [1.54, 1.807) is 12.1 Å². The second kappa shape index (κ2) is 4.68. The van der Waals surface area contributed by atoms with Gasteiger partial charge in [0.1, 0.15) is 6.26 Å². The number of nitrogens with zero attached hydrogens (tertiary/aromatic N) is 1. The molecule has 0 saturated carbocycles. The summed E-state index contributed by atoms with van der Waals surface area (Å²) in [6, 6.07) is 9.06. The lowest BCUT2D eigenvalue weighted by atomic mass is 10.2. The van der Waals surface area contributed by atoms with Crippen LogP contribution in [0.15, 0.2) is 29.2 Å². The van der Waals surface area contributed by atoms with Crippen molar-refractivity contribution in [1.29, 1.82) is 5.26 Å². The quantitative estimate of drug-likeness (QED) is 0.760. The molecule has 0 fully saturated rings. The fourth-order valence-corrected chi connectivity index (χ4v) is 2.17. The maximum absolute atomic E-state index is 10.5. The smallest absolute Gasteiger partial charge is 0.354 e. The highest BCUT2D eigenvalue weighted by Gasteiger charge is 2.19. The molecule has 0 heterocycles. The van der Waals surface area contributed by atoms with E-state index < -0.39 is 5.97 Å². The van der Waals surface area contributed by atoms with Gasteiger partial charge in [0.15, 0.2) is 4.90 Å². The van der Waals surface area contributed by atoms with Crippen molar-refractivity contribution in [3.63, 3.8) is 0 Å². The van der Waals surface area contributed by atoms with E-state index in [-0.39, 0.29) is 16.6 Å². The Labute approximate surface area is 85.3 Å². The predicted octanol–water partition coefficient (Wildman–Crippen LogP) is 1.25. The van der Waals surface area contributed by atoms with Gasteiger partial charge in [0, 0.05) is 10.9 Å². The second-order valence-corrected chi connectivity index (χ2v) is 4.85. The molecule has 14 heavy (non-hydrogen) atoms. The lowest BCUT2D eigenvalue weighted by molar-refractivity contribution is -0.133. The van der Waals surface area contributed by atoms with Gasteiger partial charge in [-0.05, 0) is 24.3 Å². The number of rotatable bonds is 3. The van der Waals surface area contributed by atoms with Crippen molar-refractivity contribution in [3.05, 3.63) is 29.8 Å². The van der Waals surface area contributed by atoms with Crippen LogP contribution in [0, 0.1) is 11.3 Å². The van der Waals surface area contributed by atoms with Crippen LogP contribution in [0.1, 0.15) is 5.56 Å². The molecule has 3 nitrogen and oxygen atoms in total. The molecule has 1 aromatic rings. The zero-order chi connectivity index (χ0) is 10.6. The molecule has 0 aromatic heterocycles. The molecule has 0 aliphatic carbocycles. The molecular formula is C10H10NO2S+. The van der Waals surface area contributed by atoms with E-state index in [0.717, 1.165) is 4.90 Å². The highest BCUT2D eigenvalue weighted by Crippen LogP contribution is 2.12. The molecule has 0 spiro atoms. The van der Waals surface area contributed by atoms with Gasteiger partial charge in [0.25, 0.3) is 0 Å². The summed E-state index contributed by atoms with van der Waals surface area (Å²) in [7, 11) is -0.283. The largest absolute Gasteiger partial charge is 0.478 e. The molecule has 0 bridgehead atoms. The number of aliphatic carboxylic acids is 1. The number of carboxylic acid groups (broad SMARTS) is 1. The summed E-state index contributed by atoms with van der Waals surface area (Å²) >= 11 is 0. The number of nitriles is 1. The van der Waals surface area contributed by atoms with Crippen molar-refractivity contribution < 1.29 is 9.90 Å². The van der Waals surface area contributed by atoms with Gasteiger partial charge in [-0.15, -0.1) is 0 Å². The van der Waals surface area contributed by atoms with Crippen LogP contribution < -0.4 is 0 Å². The Morgan fingerprint density at radius 3 is 2.50 bits per heavy atom. The minimum atomic E-state index is -0.791. The van der Waals surface area contributed by atoms with Crippen LogP contribution in [0.3, 0.4) is 0 Å². The molecule has 1 aromatic carbocycles. The van der Waals surface area contributed by atoms with E-state index in [1.165, 1.54) is 0 Å². The Morgan fingerprint density at radius 2 is 2.07 bits per heavy atom. The number of hydrogen-bond donors (Lipinski definition) is 1. The van der Waals surface area contributed by atoms with Gasteiger partial charge >= 0.3 is 5.97 Å². The summed E-state index contributed by atoms with van der Waals surface area (Å²) < 4.78 is 0. The van der Waals surface area contributed by atoms with Crippen molar-refractivity contribution in [1.82, 2.24) is 0 Å². The van der Waals surface area contributed by atoms with Gasteiger partial charge in [0.2, 0.25) is 5.75 Å². The van der Waals surface area contributed by atoms with Crippen LogP contribution in [-0.2, 0) is 15.7 Å². The minimum absolute atomic E-state index is 0.145. The summed E-state index contributed by atoms with van der Waals surface area (Å²) in [5.41, 5.74) is 0.598. The lowest BCUT2D eigenvalue weighted by Gasteiger charge is -1.99. The van der Waals surface area contributed by atoms with Crippen LogP contribution in [0.2, 0.25) is 0 Å². The van der Waals surface area contributed by atoms with Gasteiger partial charge < -0.3 is 5.11 Å². The summed E-state index contributed by atoms with van der Waals surface area (Å²) in [5, 5.41) is 17.2. The van der Waals surface area contributed by atoms with E-state index in [9.17, 15) is 4.79 Å². The van der Waals surface area contributed by atoms with Crippen molar-refractivity contribution in [2.45, 2.75) is 4.90 Å². The zero-order valence-corrected chi connectivity index (χ0v) is 8.54. The molecule has 0 amide bonds. The van der Waals surface area contributed by atoms with Crippen LogP contribution in [0.4, 0.5) is 0 Å². The fraction of sp³-hybridized carbons (Fsp3) is 0.200. The number of hydrogen-bond acceptors (Lipinski definition) is 2. The Balaban J connectivity index is 2.77. The van der Waals surface area contributed by atoms with Crippen LogP contribution in [0.25, 0.3) is 0 Å². The maximum Gasteiger partial charge on any atom is 0.354 e. The monoisotopic (exact) mass is 208 g/mol. The third-order valence-electron chi connectivity index (χ3n) is 1.73. The van der Waals surface area contributed by atoms with E-state index in [1.807, 2.05) is 24.5 Å². The van der Waals surface area contributed by atoms with Crippen LogP contribution in [0.5, 0.6) is 0 Å². The van der Waals surface area contributed by atoms with Crippen LogP contribution >= 0.6 is 0 Å². The van der Waals surface area contributed by atoms with Crippen molar-refractivity contribution in [3.8, 4) is 6.07 Å². The molecule has 72 valence electrons. The standard InChI is InChI=1S/C10H9NO2S/c1-14(7-10(12)13)9-4-2-8(6-11)3-5-9/h2-5H,7H2,1H3/p+1. The van der Waals surface area contributed by atoms with E-state index in [0.29, 0.717) is 5.56 Å². The van der Waals surface area contributed by atoms with Crippen molar-refractivity contribution in [2.24, 2.45) is 0 Å². The molecule has 1 atom stereocenters. The van der Waals surface area contributed by atoms with E-state index >= 15 is 0 Å². The average Bonchev–Trinajstić information content (AvgIpc) is 2.17. The molecule has 1 rings (SSSR count). The zero-order valence-electron chi connectivity index (χ0n) is 7.73. The number of carbonyl (C=O) groups is 1. The predicted molar refractivity (Wildman–Crippen MR) is 55.2 cm³/mol. The summed E-state index contributed by atoms with van der Waals surface area (Å²) in [6.07, 6.45) is 1.88. The molecule has 0 aliphatic heterocycles. The van der Waals surface area contributed by atoms with Crippen LogP contribution in [-0.4, -0.2) is 23.1 Å². The summed E-state index contributed by atoms with van der Waals surface area (Å²) in [4.78, 5) is 11.4. The molecule has 0 aliphatic rings. The molecule has 0 radical (unpaired) electrons. The van der Waals surface area contributed by atoms with Gasteiger partial charge in [-0.3, -0.25) is 0 Å². The first-order valence-electron chi connectivity index (χ1n) is 3.98. The first kappa shape index (κ1) is 10.6. The summed E-state index contributed by atoms with van der Waals surface area (Å²) in [6.45, 7) is 0. The van der Waals surface area contributed by atoms with E-state index in [4.69, 9.17) is 10.4 Å². The third-order valence-corrected chi connectivity index (χ3v) is 3.48. The SMILES string of the molecule is C[S+](CC(=O)O)c1ccc(C#N)cc1. The van der Waals surface area contributed by atoms with Crippen molar-refractivity contribution in [2.75, 3.05) is 12.0 Å². The highest BCUT2D eigenvalue weighted by molar-refractivity contribution is 7.96. The van der Waals surface area contributed by atoms with Gasteiger partial charge in [-0.25, -0.2) is 4.79 Å². The van der Waals surface area contributed by atoms with Crippen molar-refractivity contribution >= 4 is 16.9 Å². The Morgan fingerprint density at radius 1 is 1.50 bits per heavy atom. The topological polar surface area (TPSA) is 61.1 Å². The van der Waals surface area contributed by atoms with Gasteiger partial charge in [0.05, 0.1) is 11.6 Å². The normalized spacial score (nSPS) is 11.7. The average molecular weight is 208 g/mol. The molecule has 4 heteroatoms. The highest BCUT2D eigenvalue weighted by atomic mass is 32.2. The lowest BCUT2D eigenvalue weighted by Crippen LogP contribution is -2.14. The first-order valence-corrected chi connectivity index (χ1v) is 5.78. The minimum Gasteiger partial charge on any atom is -0.478 e. The molecule has 1 unspecified atom stereocenters.